The molecule has 2 aliphatic heterocycles. The minimum Gasteiger partial charge on any atom is -0.398 e. The quantitative estimate of drug-likeness (QED) is 0.671. The number of ketones is 1. The predicted octanol–water partition coefficient (Wildman–Crippen LogP) is 2.74. The van der Waals surface area contributed by atoms with E-state index < -0.39 is 0 Å². The summed E-state index contributed by atoms with van der Waals surface area (Å²) in [5.74, 6) is 0.245. The first-order valence-electron chi connectivity index (χ1n) is 7.72. The number of aryl methyl sites for hydroxylation is 1. The van der Waals surface area contributed by atoms with Crippen LogP contribution in [0.3, 0.4) is 0 Å². The Labute approximate surface area is 125 Å². The highest BCUT2D eigenvalue weighted by molar-refractivity contribution is 5.98. The summed E-state index contributed by atoms with van der Waals surface area (Å²) in [6, 6.07) is 5.62. The normalized spacial score (nSPS) is 24.9. The number of carbonyl (C=O) groups is 1. The molecule has 21 heavy (non-hydrogen) atoms. The van der Waals surface area contributed by atoms with E-state index in [4.69, 9.17) is 15.2 Å². The van der Waals surface area contributed by atoms with Crippen LogP contribution in [0, 0.1) is 12.8 Å². The van der Waals surface area contributed by atoms with Crippen molar-refractivity contribution >= 4 is 11.5 Å². The Hall–Kier alpha value is -1.39. The van der Waals surface area contributed by atoms with E-state index in [1.165, 1.54) is 0 Å². The number of ether oxygens (including phenoxy) is 2. The first-order valence-corrected chi connectivity index (χ1v) is 7.72. The highest BCUT2D eigenvalue weighted by Crippen LogP contribution is 2.38. The third-order valence-electron chi connectivity index (χ3n) is 4.83. The fourth-order valence-corrected chi connectivity index (χ4v) is 3.37. The largest absolute Gasteiger partial charge is 0.398 e. The van der Waals surface area contributed by atoms with E-state index in [1.807, 2.05) is 25.1 Å². The van der Waals surface area contributed by atoms with Crippen LogP contribution in [0.25, 0.3) is 0 Å². The maximum Gasteiger partial charge on any atom is 0.166 e. The van der Waals surface area contributed by atoms with Gasteiger partial charge in [0.2, 0.25) is 0 Å². The number of rotatable bonds is 2. The number of anilines is 1. The summed E-state index contributed by atoms with van der Waals surface area (Å²) in [5, 5.41) is 0. The lowest BCUT2D eigenvalue weighted by Gasteiger charge is -2.42. The van der Waals surface area contributed by atoms with Gasteiger partial charge in [-0.25, -0.2) is 0 Å². The molecule has 1 spiro atoms. The summed E-state index contributed by atoms with van der Waals surface area (Å²) in [4.78, 5) is 12.7. The van der Waals surface area contributed by atoms with E-state index in [2.05, 4.69) is 0 Å². The van der Waals surface area contributed by atoms with Crippen molar-refractivity contribution in [1.82, 2.24) is 0 Å². The molecule has 1 aromatic carbocycles. The molecule has 2 aliphatic rings. The van der Waals surface area contributed by atoms with Crippen LogP contribution >= 0.6 is 0 Å². The molecule has 4 nitrogen and oxygen atoms in total. The molecule has 2 N–H and O–H groups in total. The minimum atomic E-state index is -0.146. The van der Waals surface area contributed by atoms with Gasteiger partial charge in [-0.3, -0.25) is 4.79 Å². The molecule has 2 fully saturated rings. The van der Waals surface area contributed by atoms with Crippen molar-refractivity contribution in [2.45, 2.75) is 38.2 Å². The Balaban J connectivity index is 1.76. The Morgan fingerprint density at radius 2 is 2.05 bits per heavy atom. The van der Waals surface area contributed by atoms with Gasteiger partial charge in [0.15, 0.2) is 5.78 Å². The van der Waals surface area contributed by atoms with Crippen LogP contribution < -0.4 is 5.73 Å². The van der Waals surface area contributed by atoms with E-state index in [9.17, 15) is 4.79 Å². The van der Waals surface area contributed by atoms with Crippen molar-refractivity contribution < 1.29 is 14.3 Å². The molecule has 0 radical (unpaired) electrons. The van der Waals surface area contributed by atoms with Crippen molar-refractivity contribution in [2.24, 2.45) is 5.92 Å². The molecular formula is C17H23NO3. The Kier molecular flexibility index (Phi) is 4.00. The summed E-state index contributed by atoms with van der Waals surface area (Å²) >= 11 is 0. The van der Waals surface area contributed by atoms with Gasteiger partial charge in [0.05, 0.1) is 5.60 Å². The van der Waals surface area contributed by atoms with Crippen LogP contribution in [0.1, 0.15) is 41.6 Å². The lowest BCUT2D eigenvalue weighted by Crippen LogP contribution is -2.45. The van der Waals surface area contributed by atoms with E-state index in [-0.39, 0.29) is 17.3 Å². The molecule has 2 heterocycles. The van der Waals surface area contributed by atoms with Crippen LogP contribution in [0.4, 0.5) is 5.69 Å². The highest BCUT2D eigenvalue weighted by Gasteiger charge is 2.41. The number of Topliss-reactive ketones (excluding diaryl/α,β-unsaturated/α-hetero) is 1. The van der Waals surface area contributed by atoms with Crippen LogP contribution in [-0.2, 0) is 9.47 Å². The summed E-state index contributed by atoms with van der Waals surface area (Å²) in [6.45, 7) is 4.09. The first-order chi connectivity index (χ1) is 10.1. The molecule has 0 amide bonds. The topological polar surface area (TPSA) is 61.5 Å². The maximum atomic E-state index is 12.7. The zero-order valence-electron chi connectivity index (χ0n) is 12.6. The second-order valence-corrected chi connectivity index (χ2v) is 6.27. The van der Waals surface area contributed by atoms with Gasteiger partial charge in [-0.2, -0.15) is 0 Å². The van der Waals surface area contributed by atoms with Crippen molar-refractivity contribution in [3.05, 3.63) is 29.3 Å². The fraction of sp³-hybridized carbons (Fsp3) is 0.588. The van der Waals surface area contributed by atoms with Gasteiger partial charge in [-0.15, -0.1) is 0 Å². The Morgan fingerprint density at radius 3 is 2.76 bits per heavy atom. The molecule has 114 valence electrons. The highest BCUT2D eigenvalue weighted by atomic mass is 16.5. The maximum absolute atomic E-state index is 12.7. The zero-order valence-corrected chi connectivity index (χ0v) is 12.6. The Morgan fingerprint density at radius 1 is 1.29 bits per heavy atom. The molecule has 2 saturated heterocycles. The molecule has 0 bridgehead atoms. The summed E-state index contributed by atoms with van der Waals surface area (Å²) < 4.78 is 11.4. The first kappa shape index (κ1) is 14.5. The fourth-order valence-electron chi connectivity index (χ4n) is 3.37. The van der Waals surface area contributed by atoms with Crippen molar-refractivity contribution in [1.29, 1.82) is 0 Å². The van der Waals surface area contributed by atoms with E-state index in [0.29, 0.717) is 12.3 Å². The number of carbonyl (C=O) groups excluding carboxylic acids is 1. The van der Waals surface area contributed by atoms with Gasteiger partial charge in [0.25, 0.3) is 0 Å². The van der Waals surface area contributed by atoms with Crippen molar-refractivity contribution in [3.63, 3.8) is 0 Å². The minimum absolute atomic E-state index is 0.0407. The predicted molar refractivity (Wildman–Crippen MR) is 81.4 cm³/mol. The lowest BCUT2D eigenvalue weighted by molar-refractivity contribution is -0.142. The number of hydrogen-bond donors (Lipinski definition) is 1. The molecule has 4 heteroatoms. The summed E-state index contributed by atoms with van der Waals surface area (Å²) in [7, 11) is 0. The SMILES string of the molecule is Cc1ccc(C(=O)C2CCOC3(CCOCC3)C2)cc1N. The number of nitrogens with two attached hydrogens (primary N) is 1. The van der Waals surface area contributed by atoms with Gasteiger partial charge in [0, 0.05) is 37.0 Å². The lowest BCUT2D eigenvalue weighted by atomic mass is 9.78. The second kappa shape index (κ2) is 5.78. The molecule has 1 atom stereocenters. The molecule has 3 rings (SSSR count). The monoisotopic (exact) mass is 289 g/mol. The standard InChI is InChI=1S/C17H23NO3/c1-12-2-3-13(10-15(12)18)16(19)14-4-7-21-17(11-14)5-8-20-9-6-17/h2-3,10,14H,4-9,11,18H2,1H3. The average molecular weight is 289 g/mol. The average Bonchev–Trinajstić information content (AvgIpc) is 2.50. The van der Waals surface area contributed by atoms with Gasteiger partial charge in [0.1, 0.15) is 0 Å². The van der Waals surface area contributed by atoms with Crippen LogP contribution in [0.15, 0.2) is 18.2 Å². The van der Waals surface area contributed by atoms with Crippen LogP contribution in [0.5, 0.6) is 0 Å². The smallest absolute Gasteiger partial charge is 0.166 e. The number of hydrogen-bond acceptors (Lipinski definition) is 4. The summed E-state index contributed by atoms with van der Waals surface area (Å²) in [6.07, 6.45) is 3.40. The van der Waals surface area contributed by atoms with Gasteiger partial charge in [-0.1, -0.05) is 12.1 Å². The van der Waals surface area contributed by atoms with Gasteiger partial charge < -0.3 is 15.2 Å². The van der Waals surface area contributed by atoms with Crippen LogP contribution in [-0.4, -0.2) is 31.2 Å². The van der Waals surface area contributed by atoms with E-state index in [1.54, 1.807) is 0 Å². The van der Waals surface area contributed by atoms with Crippen molar-refractivity contribution in [3.8, 4) is 0 Å². The second-order valence-electron chi connectivity index (χ2n) is 6.27. The van der Waals surface area contributed by atoms with Crippen molar-refractivity contribution in [2.75, 3.05) is 25.6 Å². The molecule has 0 aliphatic carbocycles. The number of nitrogen functional groups attached to an aromatic ring is 1. The molecule has 1 unspecified atom stereocenters. The third-order valence-corrected chi connectivity index (χ3v) is 4.83. The Bertz CT molecular complexity index is 529. The zero-order chi connectivity index (χ0) is 14.9. The molecule has 0 saturated carbocycles. The van der Waals surface area contributed by atoms with Gasteiger partial charge in [-0.05, 0) is 44.2 Å². The molecular weight excluding hydrogens is 266 g/mol. The third kappa shape index (κ3) is 2.97. The van der Waals surface area contributed by atoms with E-state index >= 15 is 0 Å². The number of benzene rings is 1. The van der Waals surface area contributed by atoms with Crippen LogP contribution in [0.2, 0.25) is 0 Å². The van der Waals surface area contributed by atoms with E-state index in [0.717, 1.165) is 50.0 Å². The van der Waals surface area contributed by atoms with Gasteiger partial charge >= 0.3 is 0 Å². The molecule has 1 aromatic rings. The molecule has 0 aromatic heterocycles. The summed E-state index contributed by atoms with van der Waals surface area (Å²) in [5.41, 5.74) is 8.22.